The number of carbonyl (C=O) groups excluding carboxylic acids is 2. The van der Waals surface area contributed by atoms with Crippen LogP contribution in [-0.4, -0.2) is 82.6 Å². The highest BCUT2D eigenvalue weighted by atomic mass is 31.2. The van der Waals surface area contributed by atoms with E-state index in [1.165, 1.54) is 77.0 Å². The molecular formula is C46H82O14P2. The molecule has 1 fully saturated rings. The van der Waals surface area contributed by atoms with Crippen molar-refractivity contribution in [2.75, 3.05) is 26.4 Å². The van der Waals surface area contributed by atoms with E-state index in [4.69, 9.17) is 28.5 Å². The van der Waals surface area contributed by atoms with Crippen LogP contribution in [0.3, 0.4) is 0 Å². The SMILES string of the molecule is CCCCCCCC/C=C\CCCCCCCCCC(=O)OC[C@H](COP(=O)(O)OC[C@@H](O)COP(=O)(O)O)OC(=O)CCC/C=C\C/C=C\C/C=C\CC1OC1CCCCC. The van der Waals surface area contributed by atoms with Gasteiger partial charge in [-0.1, -0.05) is 146 Å². The maximum absolute atomic E-state index is 12.7. The van der Waals surface area contributed by atoms with E-state index in [0.29, 0.717) is 31.5 Å². The molecule has 0 saturated carbocycles. The molecular weight excluding hydrogens is 838 g/mol. The molecule has 1 heterocycles. The van der Waals surface area contributed by atoms with E-state index in [9.17, 15) is 28.7 Å². The molecule has 0 aromatic carbocycles. The maximum Gasteiger partial charge on any atom is 0.472 e. The van der Waals surface area contributed by atoms with Crippen molar-refractivity contribution >= 4 is 27.6 Å². The fourth-order valence-corrected chi connectivity index (χ4v) is 7.59. The van der Waals surface area contributed by atoms with Crippen LogP contribution in [0.25, 0.3) is 0 Å². The van der Waals surface area contributed by atoms with Crippen LogP contribution in [0.4, 0.5) is 0 Å². The number of epoxide rings is 1. The monoisotopic (exact) mass is 921 g/mol. The Hall–Kier alpha value is -1.96. The van der Waals surface area contributed by atoms with Crippen molar-refractivity contribution in [3.05, 3.63) is 48.6 Å². The Morgan fingerprint density at radius 2 is 1.06 bits per heavy atom. The average Bonchev–Trinajstić information content (AvgIpc) is 3.99. The van der Waals surface area contributed by atoms with Gasteiger partial charge in [0.05, 0.1) is 32.0 Å². The first kappa shape index (κ1) is 58.1. The van der Waals surface area contributed by atoms with E-state index in [1.54, 1.807) is 0 Å². The van der Waals surface area contributed by atoms with Crippen LogP contribution < -0.4 is 0 Å². The smallest absolute Gasteiger partial charge is 0.462 e. The predicted molar refractivity (Wildman–Crippen MR) is 243 cm³/mol. The maximum atomic E-state index is 12.7. The first-order chi connectivity index (χ1) is 29.8. The van der Waals surface area contributed by atoms with Crippen LogP contribution in [-0.2, 0) is 46.5 Å². The van der Waals surface area contributed by atoms with E-state index >= 15 is 0 Å². The fourth-order valence-electron chi connectivity index (χ4n) is 6.43. The zero-order valence-corrected chi connectivity index (χ0v) is 39.7. The van der Waals surface area contributed by atoms with Gasteiger partial charge in [-0.15, -0.1) is 0 Å². The molecule has 0 bridgehead atoms. The Labute approximate surface area is 373 Å². The number of hydrogen-bond donors (Lipinski definition) is 4. The van der Waals surface area contributed by atoms with Gasteiger partial charge < -0.3 is 34.0 Å². The van der Waals surface area contributed by atoms with Crippen molar-refractivity contribution in [1.29, 1.82) is 0 Å². The Balaban J connectivity index is 2.37. The summed E-state index contributed by atoms with van der Waals surface area (Å²) in [5, 5.41) is 9.76. The third kappa shape index (κ3) is 38.5. The molecule has 16 heteroatoms. The summed E-state index contributed by atoms with van der Waals surface area (Å²) < 4.78 is 53.5. The number of allylic oxidation sites excluding steroid dienone is 7. The molecule has 0 aliphatic carbocycles. The van der Waals surface area contributed by atoms with Crippen molar-refractivity contribution < 1.29 is 66.3 Å². The standard InChI is InChI=1S/C46H82O14P2/c1-3-5-7-8-9-10-11-12-13-14-15-16-17-21-24-27-31-35-45(48)55-39-42(40-58-62(53,54)57-38-41(47)37-56-61(50,51)52)59-46(49)36-32-28-25-22-19-18-20-23-26-30-34-44-43(60-44)33-29-6-4-2/h12-13,18,20,22,25-26,30,41-44,47H,3-11,14-17,19,21,23-24,27-29,31-40H2,1-2H3,(H,53,54)(H2,50,51,52)/b13-12-,20-18-,25-22-,30-26-/t41-,42+,43?,44?/m0/s1. The minimum Gasteiger partial charge on any atom is -0.462 e. The average molecular weight is 921 g/mol. The molecule has 1 aliphatic rings. The van der Waals surface area contributed by atoms with Crippen molar-refractivity contribution in [2.24, 2.45) is 0 Å². The number of carbonyl (C=O) groups is 2. The molecule has 1 rings (SSSR count). The lowest BCUT2D eigenvalue weighted by Gasteiger charge is -2.20. The van der Waals surface area contributed by atoms with Crippen LogP contribution in [0.5, 0.6) is 0 Å². The van der Waals surface area contributed by atoms with Gasteiger partial charge in [0, 0.05) is 12.8 Å². The molecule has 4 N–H and O–H groups in total. The summed E-state index contributed by atoms with van der Waals surface area (Å²) in [6.45, 7) is 1.67. The van der Waals surface area contributed by atoms with Crippen LogP contribution >= 0.6 is 15.6 Å². The van der Waals surface area contributed by atoms with E-state index in [0.717, 1.165) is 57.8 Å². The summed E-state index contributed by atoms with van der Waals surface area (Å²) >= 11 is 0. The van der Waals surface area contributed by atoms with Crippen LogP contribution in [0.1, 0.15) is 181 Å². The van der Waals surface area contributed by atoms with Crippen LogP contribution in [0.15, 0.2) is 48.6 Å². The van der Waals surface area contributed by atoms with E-state index in [-0.39, 0.29) is 12.8 Å². The second-order valence-corrected chi connectivity index (χ2v) is 18.8. The summed E-state index contributed by atoms with van der Waals surface area (Å²) in [6, 6.07) is 0. The van der Waals surface area contributed by atoms with Gasteiger partial charge in [0.15, 0.2) is 6.10 Å². The van der Waals surface area contributed by atoms with Crippen LogP contribution in [0, 0.1) is 0 Å². The molecule has 14 nitrogen and oxygen atoms in total. The number of hydrogen-bond acceptors (Lipinski definition) is 11. The minimum absolute atomic E-state index is 0.0502. The summed E-state index contributed by atoms with van der Waals surface area (Å²) in [6.07, 6.45) is 41.4. The Morgan fingerprint density at radius 3 is 1.71 bits per heavy atom. The van der Waals surface area contributed by atoms with Gasteiger partial charge in [-0.25, -0.2) is 9.13 Å². The summed E-state index contributed by atoms with van der Waals surface area (Å²) in [5.74, 6) is -1.11. The first-order valence-corrected chi connectivity index (χ1v) is 26.5. The Morgan fingerprint density at radius 1 is 0.565 bits per heavy atom. The number of phosphoric ester groups is 2. The van der Waals surface area contributed by atoms with Gasteiger partial charge in [-0.05, 0) is 70.6 Å². The van der Waals surface area contributed by atoms with Crippen molar-refractivity contribution in [3.8, 4) is 0 Å². The Bertz CT molecular complexity index is 1350. The summed E-state index contributed by atoms with van der Waals surface area (Å²) in [4.78, 5) is 52.8. The molecule has 0 aromatic rings. The molecule has 5 atom stereocenters. The van der Waals surface area contributed by atoms with E-state index in [2.05, 4.69) is 59.4 Å². The van der Waals surface area contributed by atoms with Gasteiger partial charge in [0.25, 0.3) is 0 Å². The van der Waals surface area contributed by atoms with Crippen molar-refractivity contribution in [1.82, 2.24) is 0 Å². The van der Waals surface area contributed by atoms with Gasteiger partial charge in [0.2, 0.25) is 0 Å². The molecule has 1 saturated heterocycles. The number of unbranched alkanes of at least 4 members (excludes halogenated alkanes) is 16. The molecule has 0 spiro atoms. The minimum atomic E-state index is -4.87. The van der Waals surface area contributed by atoms with Crippen LogP contribution in [0.2, 0.25) is 0 Å². The van der Waals surface area contributed by atoms with Gasteiger partial charge in [0.1, 0.15) is 12.7 Å². The molecule has 360 valence electrons. The van der Waals surface area contributed by atoms with Gasteiger partial charge in [-0.2, -0.15) is 0 Å². The zero-order chi connectivity index (χ0) is 45.6. The quantitative estimate of drug-likeness (QED) is 0.0148. The molecule has 62 heavy (non-hydrogen) atoms. The lowest BCUT2D eigenvalue weighted by Crippen LogP contribution is -2.29. The van der Waals surface area contributed by atoms with E-state index in [1.807, 2.05) is 12.2 Å². The van der Waals surface area contributed by atoms with E-state index < -0.39 is 66.2 Å². The fraction of sp³-hybridized carbons (Fsp3) is 0.783. The molecule has 3 unspecified atom stereocenters. The molecule has 0 aromatic heterocycles. The number of aliphatic hydroxyl groups excluding tert-OH is 1. The number of phosphoric acid groups is 2. The second kappa shape index (κ2) is 38.3. The number of aliphatic hydroxyl groups is 1. The first-order valence-electron chi connectivity index (χ1n) is 23.5. The molecule has 0 radical (unpaired) electrons. The van der Waals surface area contributed by atoms with Gasteiger partial charge in [-0.3, -0.25) is 23.2 Å². The topological polar surface area (TPSA) is 208 Å². The normalized spacial score (nSPS) is 17.6. The summed E-state index contributed by atoms with van der Waals surface area (Å²) in [7, 11) is -9.70. The largest absolute Gasteiger partial charge is 0.472 e. The lowest BCUT2D eigenvalue weighted by molar-refractivity contribution is -0.161. The van der Waals surface area contributed by atoms with Crippen molar-refractivity contribution in [2.45, 2.75) is 205 Å². The highest BCUT2D eigenvalue weighted by molar-refractivity contribution is 7.47. The highest BCUT2D eigenvalue weighted by Gasteiger charge is 2.36. The second-order valence-electron chi connectivity index (χ2n) is 16.1. The zero-order valence-electron chi connectivity index (χ0n) is 37.9. The van der Waals surface area contributed by atoms with Crippen molar-refractivity contribution in [3.63, 3.8) is 0 Å². The van der Waals surface area contributed by atoms with Gasteiger partial charge >= 0.3 is 27.6 Å². The molecule has 1 aliphatic heterocycles. The highest BCUT2D eigenvalue weighted by Crippen LogP contribution is 2.44. The third-order valence-corrected chi connectivity index (χ3v) is 11.5. The number of esters is 2. The predicted octanol–water partition coefficient (Wildman–Crippen LogP) is 11.2. The Kier molecular flexibility index (Phi) is 35.9. The molecule has 0 amide bonds. The summed E-state index contributed by atoms with van der Waals surface area (Å²) in [5.41, 5.74) is 0. The lowest BCUT2D eigenvalue weighted by atomic mass is 10.1. The number of ether oxygens (including phenoxy) is 3. The third-order valence-electron chi connectivity index (χ3n) is 10.1. The number of rotatable bonds is 43.